The van der Waals surface area contributed by atoms with Crippen molar-refractivity contribution in [2.45, 2.75) is 23.8 Å². The molecule has 0 aliphatic carbocycles. The molecule has 0 bridgehead atoms. The summed E-state index contributed by atoms with van der Waals surface area (Å²) in [5, 5.41) is 7.00. The third-order valence-electron chi connectivity index (χ3n) is 3.16. The number of halogens is 1. The first-order valence-electron chi connectivity index (χ1n) is 6.25. The Bertz CT molecular complexity index is 547. The van der Waals surface area contributed by atoms with Crippen LogP contribution >= 0.6 is 11.8 Å². The summed E-state index contributed by atoms with van der Waals surface area (Å²) in [4.78, 5) is 4.76. The van der Waals surface area contributed by atoms with E-state index >= 15 is 0 Å². The molecule has 2 aromatic rings. The molecule has 1 aliphatic rings. The number of hydrogen-bond acceptors (Lipinski definition) is 5. The molecule has 0 fully saturated rings. The van der Waals surface area contributed by atoms with E-state index < -0.39 is 0 Å². The first kappa shape index (κ1) is 12.6. The van der Waals surface area contributed by atoms with Gasteiger partial charge >= 0.3 is 0 Å². The van der Waals surface area contributed by atoms with Crippen molar-refractivity contribution in [2.75, 3.05) is 12.3 Å². The van der Waals surface area contributed by atoms with Crippen molar-refractivity contribution < 1.29 is 8.91 Å². The van der Waals surface area contributed by atoms with Crippen LogP contribution in [0.1, 0.15) is 23.9 Å². The zero-order valence-electron chi connectivity index (χ0n) is 10.3. The van der Waals surface area contributed by atoms with Crippen molar-refractivity contribution in [3.8, 4) is 0 Å². The molecule has 2 heterocycles. The quantitative estimate of drug-likeness (QED) is 0.932. The highest BCUT2D eigenvalue weighted by atomic mass is 32.2. The summed E-state index contributed by atoms with van der Waals surface area (Å²) in [6.07, 6.45) is 3.09. The van der Waals surface area contributed by atoms with Gasteiger partial charge in [0.05, 0.1) is 0 Å². The molecule has 1 N–H and O–H groups in total. The van der Waals surface area contributed by atoms with Crippen LogP contribution in [0.4, 0.5) is 4.39 Å². The van der Waals surface area contributed by atoms with Crippen LogP contribution in [0.2, 0.25) is 0 Å². The number of rotatable bonds is 4. The second-order valence-corrected chi connectivity index (χ2v) is 5.49. The van der Waals surface area contributed by atoms with Gasteiger partial charge in [0, 0.05) is 23.9 Å². The molecule has 0 saturated heterocycles. The van der Waals surface area contributed by atoms with Crippen molar-refractivity contribution in [1.29, 1.82) is 0 Å². The van der Waals surface area contributed by atoms with Gasteiger partial charge in [0.2, 0.25) is 5.89 Å². The summed E-state index contributed by atoms with van der Waals surface area (Å²) in [5.41, 5.74) is 1.06. The van der Waals surface area contributed by atoms with Crippen molar-refractivity contribution in [3.63, 3.8) is 0 Å². The first-order valence-corrected chi connectivity index (χ1v) is 7.23. The van der Waals surface area contributed by atoms with Crippen molar-refractivity contribution in [3.05, 3.63) is 41.8 Å². The van der Waals surface area contributed by atoms with E-state index in [1.54, 1.807) is 17.8 Å². The van der Waals surface area contributed by atoms with Gasteiger partial charge in [-0.1, -0.05) is 17.3 Å². The molecule has 3 rings (SSSR count). The molecule has 0 radical (unpaired) electrons. The van der Waals surface area contributed by atoms with Crippen LogP contribution < -0.4 is 5.32 Å². The normalized spacial score (nSPS) is 18.3. The monoisotopic (exact) mass is 279 g/mol. The molecule has 0 amide bonds. The minimum atomic E-state index is -0.120. The van der Waals surface area contributed by atoms with Crippen LogP contribution in [0.15, 0.2) is 33.9 Å². The first-order chi connectivity index (χ1) is 9.34. The second kappa shape index (κ2) is 5.71. The highest BCUT2D eigenvalue weighted by molar-refractivity contribution is 7.99. The molecule has 19 heavy (non-hydrogen) atoms. The molecule has 0 spiro atoms. The van der Waals surface area contributed by atoms with Gasteiger partial charge < -0.3 is 9.84 Å². The third kappa shape index (κ3) is 2.79. The lowest BCUT2D eigenvalue weighted by Crippen LogP contribution is -2.27. The predicted octanol–water partition coefficient (Wildman–Crippen LogP) is 2.58. The number of hydrogen-bond donors (Lipinski definition) is 1. The molecule has 1 unspecified atom stereocenters. The van der Waals surface area contributed by atoms with E-state index in [1.165, 1.54) is 12.4 Å². The van der Waals surface area contributed by atoms with Gasteiger partial charge in [-0.3, -0.25) is 0 Å². The Balaban J connectivity index is 1.65. The highest BCUT2D eigenvalue weighted by Crippen LogP contribution is 2.37. The average Bonchev–Trinajstić information content (AvgIpc) is 2.93. The number of thioether (sulfide) groups is 1. The van der Waals surface area contributed by atoms with Gasteiger partial charge in [-0.25, -0.2) is 4.39 Å². The van der Waals surface area contributed by atoms with E-state index in [0.29, 0.717) is 12.3 Å². The fourth-order valence-electron chi connectivity index (χ4n) is 2.26. The minimum absolute atomic E-state index is 0.120. The molecule has 1 aliphatic heterocycles. The van der Waals surface area contributed by atoms with Crippen molar-refractivity contribution in [2.24, 2.45) is 0 Å². The lowest BCUT2D eigenvalue weighted by molar-refractivity contribution is 0.370. The molecule has 1 aromatic heterocycles. The molecule has 1 aromatic carbocycles. The maximum atomic E-state index is 13.7. The largest absolute Gasteiger partial charge is 0.340 e. The summed E-state index contributed by atoms with van der Waals surface area (Å²) >= 11 is 1.59. The maximum absolute atomic E-state index is 13.7. The van der Waals surface area contributed by atoms with Gasteiger partial charge in [-0.05, 0) is 23.8 Å². The van der Waals surface area contributed by atoms with Gasteiger partial charge in [0.25, 0.3) is 0 Å². The summed E-state index contributed by atoms with van der Waals surface area (Å²) in [6, 6.07) is 5.49. The fourth-order valence-corrected chi connectivity index (χ4v) is 3.40. The Morgan fingerprint density at radius 2 is 2.42 bits per heavy atom. The molecule has 4 nitrogen and oxygen atoms in total. The van der Waals surface area contributed by atoms with E-state index in [0.717, 1.165) is 29.2 Å². The van der Waals surface area contributed by atoms with Gasteiger partial charge in [-0.15, -0.1) is 11.8 Å². The zero-order valence-corrected chi connectivity index (χ0v) is 11.1. The molecule has 100 valence electrons. The van der Waals surface area contributed by atoms with Gasteiger partial charge in [0.1, 0.15) is 5.82 Å². The predicted molar refractivity (Wildman–Crippen MR) is 70.5 cm³/mol. The van der Waals surface area contributed by atoms with E-state index in [2.05, 4.69) is 15.5 Å². The summed E-state index contributed by atoms with van der Waals surface area (Å²) in [6.45, 7) is 0.744. The van der Waals surface area contributed by atoms with Crippen LogP contribution in [0.5, 0.6) is 0 Å². The summed E-state index contributed by atoms with van der Waals surface area (Å²) < 4.78 is 18.7. The Hall–Kier alpha value is -1.40. The van der Waals surface area contributed by atoms with Crippen LogP contribution in [0.25, 0.3) is 0 Å². The van der Waals surface area contributed by atoms with Crippen molar-refractivity contribution in [1.82, 2.24) is 15.5 Å². The number of nitrogens with one attached hydrogen (secondary N) is 1. The van der Waals surface area contributed by atoms with Crippen LogP contribution in [0.3, 0.4) is 0 Å². The van der Waals surface area contributed by atoms with E-state index in [-0.39, 0.29) is 11.9 Å². The summed E-state index contributed by atoms with van der Waals surface area (Å²) in [7, 11) is 0. The second-order valence-electron chi connectivity index (χ2n) is 4.39. The fraction of sp³-hybridized carbons (Fsp3) is 0.385. The number of nitrogens with zero attached hydrogens (tertiary/aromatic N) is 2. The lowest BCUT2D eigenvalue weighted by atomic mass is 10.0. The Kier molecular flexibility index (Phi) is 3.79. The third-order valence-corrected chi connectivity index (χ3v) is 4.32. The minimum Gasteiger partial charge on any atom is -0.340 e. The zero-order chi connectivity index (χ0) is 13.1. The molecule has 1 atom stereocenters. The lowest BCUT2D eigenvalue weighted by Gasteiger charge is -2.26. The maximum Gasteiger partial charge on any atom is 0.227 e. The van der Waals surface area contributed by atoms with Crippen LogP contribution in [-0.4, -0.2) is 22.4 Å². The van der Waals surface area contributed by atoms with E-state index in [1.807, 2.05) is 6.07 Å². The van der Waals surface area contributed by atoms with E-state index in [4.69, 9.17) is 4.52 Å². The Labute approximate surface area is 114 Å². The molecule has 6 heteroatoms. The molecular weight excluding hydrogens is 265 g/mol. The number of aromatic nitrogens is 2. The topological polar surface area (TPSA) is 51.0 Å². The highest BCUT2D eigenvalue weighted by Gasteiger charge is 2.22. The van der Waals surface area contributed by atoms with Gasteiger partial charge in [-0.2, -0.15) is 4.98 Å². The standard InChI is InChI=1S/C13H14FN3OS/c14-10-3-1-2-9-11(5-7-19-13(9)10)15-6-4-12-16-8-17-18-12/h1-3,8,11,15H,4-7H2. The average molecular weight is 279 g/mol. The molecule has 0 saturated carbocycles. The van der Waals surface area contributed by atoms with E-state index in [9.17, 15) is 4.39 Å². The smallest absolute Gasteiger partial charge is 0.227 e. The Morgan fingerprint density at radius 3 is 3.26 bits per heavy atom. The number of fused-ring (bicyclic) bond motifs is 1. The van der Waals surface area contributed by atoms with Gasteiger partial charge in [0.15, 0.2) is 6.33 Å². The Morgan fingerprint density at radius 1 is 1.47 bits per heavy atom. The number of benzene rings is 1. The van der Waals surface area contributed by atoms with Crippen LogP contribution in [0, 0.1) is 5.82 Å². The SMILES string of the molecule is Fc1cccc2c1SCCC2NCCc1ncno1. The molecular formula is C13H14FN3OS. The van der Waals surface area contributed by atoms with Crippen LogP contribution in [-0.2, 0) is 6.42 Å². The van der Waals surface area contributed by atoms with Crippen molar-refractivity contribution >= 4 is 11.8 Å². The summed E-state index contributed by atoms with van der Waals surface area (Å²) in [5.74, 6) is 1.44.